The number of likely N-dealkylation sites (N-methyl/N-ethyl adjacent to an activating group) is 2. The van der Waals surface area contributed by atoms with E-state index in [0.29, 0.717) is 62.2 Å². The Morgan fingerprint density at radius 1 is 0.387 bits per heavy atom. The summed E-state index contributed by atoms with van der Waals surface area (Å²) in [6.07, 6.45) is 9.36. The molecule has 4 aromatic rings. The quantitative estimate of drug-likeness (QED) is 0.108. The molecule has 20 heteroatoms. The van der Waals surface area contributed by atoms with Crippen molar-refractivity contribution < 1.29 is 38.4 Å². The lowest BCUT2D eigenvalue weighted by Gasteiger charge is -2.20. The van der Waals surface area contributed by atoms with Gasteiger partial charge in [0.25, 0.3) is 23.6 Å². The molecule has 0 unspecified atom stereocenters. The van der Waals surface area contributed by atoms with Crippen LogP contribution in [0.25, 0.3) is 0 Å². The average molecular weight is 1280 g/mol. The molecule has 4 aromatic carbocycles. The third-order valence-corrected chi connectivity index (χ3v) is 18.3. The number of urea groups is 4. The summed E-state index contributed by atoms with van der Waals surface area (Å²) in [5.41, 5.74) is 2.25. The van der Waals surface area contributed by atoms with Crippen molar-refractivity contribution in [2.24, 2.45) is 0 Å². The van der Waals surface area contributed by atoms with E-state index in [4.69, 9.17) is 0 Å². The van der Waals surface area contributed by atoms with Gasteiger partial charge in [0.1, 0.15) is 22.2 Å². The molecule has 16 nitrogen and oxygen atoms in total. The fourth-order valence-corrected chi connectivity index (χ4v) is 13.1. The SMILES string of the molecule is C.CN1C(=O)N[C@@]2(CC[C@H](c3ccc(Br)cc3)C2)C1=O.CN1C(=O)N[C@]2(CC[C@H](c3ccc(Br)cc3)C2)C1=O.O=C1NC(=O)[C@@]2(CC[C@H](c3ccc(Br)cc3)C2)N1.O=C1NC(=O)[C@]2(CC[C@H](c3ccc(Br)cc3)C2)N1. The van der Waals surface area contributed by atoms with Gasteiger partial charge in [0.2, 0.25) is 0 Å². The summed E-state index contributed by atoms with van der Waals surface area (Å²) in [5.74, 6) is 0.825. The lowest BCUT2D eigenvalue weighted by Crippen LogP contribution is -2.44. The summed E-state index contributed by atoms with van der Waals surface area (Å²) in [6.45, 7) is 0. The van der Waals surface area contributed by atoms with Crippen molar-refractivity contribution in [2.45, 2.75) is 130 Å². The Kier molecular flexibility index (Phi) is 16.6. The molecule has 8 aliphatic rings. The van der Waals surface area contributed by atoms with Crippen LogP contribution in [0.3, 0.4) is 0 Å². The zero-order valence-corrected chi connectivity index (χ0v) is 47.0. The van der Waals surface area contributed by atoms with Crippen LogP contribution in [-0.2, 0) is 19.2 Å². The highest BCUT2D eigenvalue weighted by atomic mass is 79.9. The van der Waals surface area contributed by atoms with Crippen molar-refractivity contribution >= 4 is 111 Å². The number of rotatable bonds is 4. The molecule has 0 aromatic heterocycles. The van der Waals surface area contributed by atoms with Crippen molar-refractivity contribution in [1.29, 1.82) is 0 Å². The molecule has 8 fully saturated rings. The Hall–Kier alpha value is -5.44. The van der Waals surface area contributed by atoms with Crippen LogP contribution in [0.5, 0.6) is 0 Å². The van der Waals surface area contributed by atoms with E-state index < -0.39 is 22.2 Å². The normalized spacial score (nSPS) is 30.0. The minimum absolute atomic E-state index is 0. The molecular formula is C55H60Br4N8O8. The summed E-state index contributed by atoms with van der Waals surface area (Å²) in [4.78, 5) is 96.2. The van der Waals surface area contributed by atoms with Crippen LogP contribution in [0.1, 0.15) is 130 Å². The van der Waals surface area contributed by atoms with Crippen LogP contribution in [-0.4, -0.2) is 93.8 Å². The highest BCUT2D eigenvalue weighted by Crippen LogP contribution is 2.47. The van der Waals surface area contributed by atoms with Gasteiger partial charge < -0.3 is 21.3 Å². The first-order chi connectivity index (χ1) is 35.2. The van der Waals surface area contributed by atoms with E-state index in [1.807, 2.05) is 48.5 Å². The first-order valence-corrected chi connectivity index (χ1v) is 27.9. The third-order valence-electron chi connectivity index (χ3n) is 16.2. The topological polar surface area (TPSA) is 215 Å². The van der Waals surface area contributed by atoms with Crippen LogP contribution >= 0.6 is 63.7 Å². The summed E-state index contributed by atoms with van der Waals surface area (Å²) in [6, 6.07) is 31.4. The zero-order chi connectivity index (χ0) is 52.7. The van der Waals surface area contributed by atoms with Gasteiger partial charge in [-0.1, -0.05) is 120 Å². The van der Waals surface area contributed by atoms with Gasteiger partial charge in [0, 0.05) is 32.0 Å². The van der Waals surface area contributed by atoms with Crippen molar-refractivity contribution in [3.63, 3.8) is 0 Å². The molecule has 6 N–H and O–H groups in total. The minimum Gasteiger partial charge on any atom is -0.323 e. The van der Waals surface area contributed by atoms with Gasteiger partial charge in [0.05, 0.1) is 0 Å². The maximum Gasteiger partial charge on any atom is 0.324 e. The number of imide groups is 4. The molecule has 4 aliphatic carbocycles. The molecule has 4 saturated heterocycles. The van der Waals surface area contributed by atoms with Gasteiger partial charge in [-0.15, -0.1) is 0 Å². The van der Waals surface area contributed by atoms with Crippen LogP contribution in [0.15, 0.2) is 115 Å². The van der Waals surface area contributed by atoms with Crippen LogP contribution in [0.4, 0.5) is 19.2 Å². The van der Waals surface area contributed by atoms with Crippen molar-refractivity contribution in [3.8, 4) is 0 Å². The number of nitrogens with zero attached hydrogens (tertiary/aromatic N) is 2. The van der Waals surface area contributed by atoms with E-state index in [1.165, 1.54) is 32.1 Å². The number of halogens is 4. The average Bonchev–Trinajstić information content (AvgIpc) is 4.28. The summed E-state index contributed by atoms with van der Waals surface area (Å²) >= 11 is 13.7. The fraction of sp³-hybridized carbons (Fsp3) is 0.418. The first-order valence-electron chi connectivity index (χ1n) is 24.7. The highest BCUT2D eigenvalue weighted by Gasteiger charge is 2.56. The largest absolute Gasteiger partial charge is 0.324 e. The van der Waals surface area contributed by atoms with Gasteiger partial charge in [0.15, 0.2) is 0 Å². The molecule has 0 radical (unpaired) electrons. The Labute approximate surface area is 469 Å². The number of amides is 12. The summed E-state index contributed by atoms with van der Waals surface area (Å²) in [5, 5.41) is 16.0. The zero-order valence-electron chi connectivity index (χ0n) is 40.7. The second-order valence-electron chi connectivity index (χ2n) is 20.7. The molecule has 4 heterocycles. The molecular weight excluding hydrogens is 1220 g/mol. The van der Waals surface area contributed by atoms with Crippen molar-refractivity contribution in [1.82, 2.24) is 41.7 Å². The van der Waals surface area contributed by atoms with Crippen LogP contribution in [0.2, 0.25) is 0 Å². The number of hydrogen-bond donors (Lipinski definition) is 6. The lowest BCUT2D eigenvalue weighted by molar-refractivity contribution is -0.131. The second-order valence-corrected chi connectivity index (χ2v) is 24.4. The van der Waals surface area contributed by atoms with E-state index in [-0.39, 0.29) is 55.2 Å². The van der Waals surface area contributed by atoms with Gasteiger partial charge in [-0.25, -0.2) is 19.2 Å². The molecule has 396 valence electrons. The maximum atomic E-state index is 12.2. The van der Waals surface area contributed by atoms with E-state index in [0.717, 1.165) is 56.4 Å². The van der Waals surface area contributed by atoms with Gasteiger partial charge in [-0.2, -0.15) is 0 Å². The maximum absolute atomic E-state index is 12.2. The van der Waals surface area contributed by atoms with Gasteiger partial charge in [-0.3, -0.25) is 39.6 Å². The third kappa shape index (κ3) is 11.5. The predicted octanol–water partition coefficient (Wildman–Crippen LogP) is 10.5. The Morgan fingerprint density at radius 3 is 0.840 bits per heavy atom. The number of carbonyl (C=O) groups excluding carboxylic acids is 8. The minimum atomic E-state index is -0.672. The van der Waals surface area contributed by atoms with E-state index >= 15 is 0 Å². The van der Waals surface area contributed by atoms with E-state index in [1.54, 1.807) is 14.1 Å². The number of nitrogens with one attached hydrogen (secondary N) is 6. The van der Waals surface area contributed by atoms with E-state index in [9.17, 15) is 38.4 Å². The summed E-state index contributed by atoms with van der Waals surface area (Å²) in [7, 11) is 3.08. The monoisotopic (exact) mass is 1280 g/mol. The molecule has 75 heavy (non-hydrogen) atoms. The van der Waals surface area contributed by atoms with Gasteiger partial charge in [-0.05, 0) is 172 Å². The van der Waals surface area contributed by atoms with Crippen LogP contribution in [0, 0.1) is 0 Å². The van der Waals surface area contributed by atoms with Crippen molar-refractivity contribution in [3.05, 3.63) is 137 Å². The van der Waals surface area contributed by atoms with Gasteiger partial charge >= 0.3 is 24.1 Å². The number of benzene rings is 4. The molecule has 12 rings (SSSR count). The molecule has 4 saturated carbocycles. The first kappa shape index (κ1) is 55.8. The Morgan fingerprint density at radius 2 is 0.627 bits per heavy atom. The Balaban J connectivity index is 0.000000132. The molecule has 12 amide bonds. The number of hydrogen-bond acceptors (Lipinski definition) is 8. The van der Waals surface area contributed by atoms with E-state index in [2.05, 4.69) is 144 Å². The molecule has 4 aliphatic heterocycles. The standard InChI is InChI=1S/2C14H15BrN2O2.2C13H13BrN2O2.CH4/c2*1-17-12(18)14(16-13(17)19)7-6-10(8-14)9-2-4-11(15)5-3-9;2*14-10-3-1-8(2-4-10)9-5-6-13(7-9)11(17)15-12(18)16-13;/h2*2-5,10H,6-8H2,1H3,(H,16,19);2*1-4,9H,5-7H2,(H2,15,16,17,18);1H4/t10-,14+;10-,14-;9-,13+;9-,13-;/m0000./s1. The molecule has 0 bridgehead atoms. The molecule has 8 atom stereocenters. The fourth-order valence-electron chi connectivity index (χ4n) is 12.1. The lowest BCUT2D eigenvalue weighted by atomic mass is 9.92. The summed E-state index contributed by atoms with van der Waals surface area (Å²) < 4.78 is 4.19. The second kappa shape index (κ2) is 22.3. The predicted molar refractivity (Wildman–Crippen MR) is 297 cm³/mol. The molecule has 4 spiro atoms. The highest BCUT2D eigenvalue weighted by molar-refractivity contribution is 9.11. The Bertz CT molecular complexity index is 2700. The van der Waals surface area contributed by atoms with Crippen LogP contribution < -0.4 is 31.9 Å². The van der Waals surface area contributed by atoms with Crippen molar-refractivity contribution in [2.75, 3.05) is 14.1 Å². The number of carbonyl (C=O) groups is 8. The smallest absolute Gasteiger partial charge is 0.323 e.